The van der Waals surface area contributed by atoms with Crippen molar-refractivity contribution >= 4 is 38.4 Å². The molecule has 0 radical (unpaired) electrons. The molecule has 0 spiro atoms. The van der Waals surface area contributed by atoms with Crippen molar-refractivity contribution in [2.75, 3.05) is 4.72 Å². The topological polar surface area (TPSA) is 72.2 Å². The molecule has 0 bridgehead atoms. The Morgan fingerprint density at radius 2 is 2.12 bits per heavy atom. The van der Waals surface area contributed by atoms with Crippen molar-refractivity contribution in [2.24, 2.45) is 5.73 Å². The molecular weight excluding hydrogens is 264 g/mol. The van der Waals surface area contributed by atoms with Crippen LogP contribution in [-0.4, -0.2) is 8.42 Å². The van der Waals surface area contributed by atoms with Gasteiger partial charge in [-0.3, -0.25) is 4.72 Å². The van der Waals surface area contributed by atoms with E-state index in [9.17, 15) is 8.42 Å². The molecule has 3 N–H and O–H groups in total. The second-order valence-electron chi connectivity index (χ2n) is 3.03. The van der Waals surface area contributed by atoms with E-state index < -0.39 is 10.0 Å². The van der Waals surface area contributed by atoms with E-state index in [-0.39, 0.29) is 11.4 Å². The summed E-state index contributed by atoms with van der Waals surface area (Å²) in [4.78, 5) is 0.939. The Morgan fingerprint density at radius 3 is 2.75 bits per heavy atom. The van der Waals surface area contributed by atoms with Crippen LogP contribution < -0.4 is 10.5 Å². The number of anilines is 1. The standard InChI is InChI=1S/C9H10N2O2S3/c10-5-8-9(2-4-15-8)16(12,13)11-7-1-3-14-6-7/h1-4,6,11H,5,10H2. The Labute approximate surface area is 102 Å². The Balaban J connectivity index is 2.33. The number of hydrogen-bond acceptors (Lipinski definition) is 5. The summed E-state index contributed by atoms with van der Waals surface area (Å²) in [5.41, 5.74) is 6.07. The summed E-state index contributed by atoms with van der Waals surface area (Å²) in [5.74, 6) is 0. The SMILES string of the molecule is NCc1sccc1S(=O)(=O)Nc1ccsc1. The van der Waals surface area contributed by atoms with Gasteiger partial charge in [-0.15, -0.1) is 11.3 Å². The van der Waals surface area contributed by atoms with E-state index in [1.54, 1.807) is 22.9 Å². The van der Waals surface area contributed by atoms with Gasteiger partial charge in [0.05, 0.1) is 5.69 Å². The first kappa shape index (κ1) is 11.6. The van der Waals surface area contributed by atoms with Crippen molar-refractivity contribution in [1.29, 1.82) is 0 Å². The first-order valence-corrected chi connectivity index (χ1v) is 7.75. The zero-order valence-corrected chi connectivity index (χ0v) is 10.7. The van der Waals surface area contributed by atoms with Crippen LogP contribution in [0.3, 0.4) is 0 Å². The molecule has 86 valence electrons. The van der Waals surface area contributed by atoms with Crippen LogP contribution in [0.2, 0.25) is 0 Å². The maximum absolute atomic E-state index is 12.0. The second-order valence-corrected chi connectivity index (χ2v) is 6.46. The van der Waals surface area contributed by atoms with Gasteiger partial charge in [0, 0.05) is 16.8 Å². The highest BCUT2D eigenvalue weighted by Crippen LogP contribution is 2.24. The molecule has 0 aliphatic carbocycles. The van der Waals surface area contributed by atoms with Crippen molar-refractivity contribution in [3.63, 3.8) is 0 Å². The molecule has 2 aromatic heterocycles. The van der Waals surface area contributed by atoms with E-state index >= 15 is 0 Å². The molecule has 16 heavy (non-hydrogen) atoms. The smallest absolute Gasteiger partial charge is 0.263 e. The highest BCUT2D eigenvalue weighted by molar-refractivity contribution is 7.93. The first-order chi connectivity index (χ1) is 7.63. The lowest BCUT2D eigenvalue weighted by Crippen LogP contribution is -2.14. The minimum absolute atomic E-state index is 0.234. The van der Waals surface area contributed by atoms with Crippen LogP contribution in [0.15, 0.2) is 33.2 Å². The molecule has 0 fully saturated rings. The van der Waals surface area contributed by atoms with Crippen molar-refractivity contribution < 1.29 is 8.42 Å². The van der Waals surface area contributed by atoms with Gasteiger partial charge >= 0.3 is 0 Å². The third kappa shape index (κ3) is 2.27. The highest BCUT2D eigenvalue weighted by atomic mass is 32.2. The van der Waals surface area contributed by atoms with E-state index in [2.05, 4.69) is 4.72 Å². The van der Waals surface area contributed by atoms with Gasteiger partial charge in [0.1, 0.15) is 4.90 Å². The summed E-state index contributed by atoms with van der Waals surface area (Å²) >= 11 is 2.79. The molecule has 0 aromatic carbocycles. The molecule has 2 heterocycles. The minimum Gasteiger partial charge on any atom is -0.326 e. The highest BCUT2D eigenvalue weighted by Gasteiger charge is 2.19. The lowest BCUT2D eigenvalue weighted by atomic mass is 10.5. The fourth-order valence-electron chi connectivity index (χ4n) is 1.25. The molecule has 2 rings (SSSR count). The van der Waals surface area contributed by atoms with Gasteiger partial charge in [-0.2, -0.15) is 11.3 Å². The average molecular weight is 274 g/mol. The van der Waals surface area contributed by atoms with Crippen LogP contribution in [0, 0.1) is 0 Å². The number of nitrogens with one attached hydrogen (secondary N) is 1. The Bertz CT molecular complexity index is 557. The van der Waals surface area contributed by atoms with Crippen molar-refractivity contribution in [3.8, 4) is 0 Å². The fraction of sp³-hybridized carbons (Fsp3) is 0.111. The molecule has 7 heteroatoms. The Morgan fingerprint density at radius 1 is 1.31 bits per heavy atom. The lowest BCUT2D eigenvalue weighted by molar-refractivity contribution is 0.600. The summed E-state index contributed by atoms with van der Waals surface area (Å²) < 4.78 is 26.5. The monoisotopic (exact) mass is 274 g/mol. The number of hydrogen-bond donors (Lipinski definition) is 2. The average Bonchev–Trinajstić information content (AvgIpc) is 2.85. The van der Waals surface area contributed by atoms with Crippen LogP contribution in [0.4, 0.5) is 5.69 Å². The van der Waals surface area contributed by atoms with E-state index in [1.807, 2.05) is 5.38 Å². The number of nitrogens with two attached hydrogens (primary N) is 1. The van der Waals surface area contributed by atoms with Gasteiger partial charge in [-0.25, -0.2) is 8.42 Å². The largest absolute Gasteiger partial charge is 0.326 e. The molecule has 4 nitrogen and oxygen atoms in total. The van der Waals surface area contributed by atoms with Gasteiger partial charge in [0.15, 0.2) is 0 Å². The van der Waals surface area contributed by atoms with Crippen LogP contribution in [0.1, 0.15) is 4.88 Å². The molecule has 0 aliphatic heterocycles. The third-order valence-corrected chi connectivity index (χ3v) is 5.17. The van der Waals surface area contributed by atoms with E-state index in [1.165, 1.54) is 22.7 Å². The molecular formula is C9H10N2O2S3. The third-order valence-electron chi connectivity index (χ3n) is 1.95. The fourth-order valence-corrected chi connectivity index (χ4v) is 4.30. The van der Waals surface area contributed by atoms with E-state index in [0.717, 1.165) is 0 Å². The molecule has 0 saturated heterocycles. The van der Waals surface area contributed by atoms with E-state index in [4.69, 9.17) is 5.73 Å². The molecule has 0 amide bonds. The zero-order valence-electron chi connectivity index (χ0n) is 8.21. The van der Waals surface area contributed by atoms with Gasteiger partial charge in [-0.1, -0.05) is 0 Å². The molecule has 0 unspecified atom stereocenters. The Hall–Kier alpha value is -0.890. The summed E-state index contributed by atoms with van der Waals surface area (Å²) in [6.07, 6.45) is 0. The van der Waals surface area contributed by atoms with Gasteiger partial charge < -0.3 is 5.73 Å². The number of sulfonamides is 1. The van der Waals surface area contributed by atoms with Gasteiger partial charge in [0.2, 0.25) is 0 Å². The predicted octanol–water partition coefficient (Wildman–Crippen LogP) is 2.07. The molecule has 0 saturated carbocycles. The van der Waals surface area contributed by atoms with Crippen molar-refractivity contribution in [2.45, 2.75) is 11.4 Å². The summed E-state index contributed by atoms with van der Waals surface area (Å²) in [6.45, 7) is 0.234. The molecule has 0 aliphatic rings. The lowest BCUT2D eigenvalue weighted by Gasteiger charge is -2.05. The van der Waals surface area contributed by atoms with Crippen molar-refractivity contribution in [1.82, 2.24) is 0 Å². The van der Waals surface area contributed by atoms with Crippen molar-refractivity contribution in [3.05, 3.63) is 33.2 Å². The number of rotatable bonds is 4. The van der Waals surface area contributed by atoms with Crippen LogP contribution in [-0.2, 0) is 16.6 Å². The zero-order chi connectivity index (χ0) is 11.6. The Kier molecular flexibility index (Phi) is 3.29. The van der Waals surface area contributed by atoms with Crippen LogP contribution >= 0.6 is 22.7 Å². The first-order valence-electron chi connectivity index (χ1n) is 4.45. The van der Waals surface area contributed by atoms with Gasteiger partial charge in [-0.05, 0) is 22.9 Å². The summed E-state index contributed by atoms with van der Waals surface area (Å²) in [5, 5.41) is 5.28. The molecule has 2 aromatic rings. The molecule has 0 atom stereocenters. The van der Waals surface area contributed by atoms with E-state index in [0.29, 0.717) is 10.6 Å². The van der Waals surface area contributed by atoms with Gasteiger partial charge in [0.25, 0.3) is 10.0 Å². The predicted molar refractivity (Wildman–Crippen MR) is 67.3 cm³/mol. The van der Waals surface area contributed by atoms with Crippen LogP contribution in [0.25, 0.3) is 0 Å². The van der Waals surface area contributed by atoms with Crippen LogP contribution in [0.5, 0.6) is 0 Å². The quantitative estimate of drug-likeness (QED) is 0.896. The second kappa shape index (κ2) is 4.54. The maximum atomic E-state index is 12.0. The normalized spacial score (nSPS) is 11.6. The minimum atomic E-state index is -3.50. The number of thiophene rings is 2. The summed E-state index contributed by atoms with van der Waals surface area (Å²) in [7, 11) is -3.50. The maximum Gasteiger partial charge on any atom is 0.263 e. The summed E-state index contributed by atoms with van der Waals surface area (Å²) in [6, 6.07) is 3.29.